The molecule has 1 aromatic rings. The fourth-order valence-electron chi connectivity index (χ4n) is 5.09. The highest BCUT2D eigenvalue weighted by atomic mass is 16.4. The summed E-state index contributed by atoms with van der Waals surface area (Å²) in [6.07, 6.45) is 10.00. The molecule has 0 bridgehead atoms. The van der Waals surface area contributed by atoms with Crippen molar-refractivity contribution in [2.24, 2.45) is 16.9 Å². The fourth-order valence-corrected chi connectivity index (χ4v) is 5.09. The molecular weight excluding hydrogens is 414 g/mol. The third-order valence-electron chi connectivity index (χ3n) is 6.76. The van der Waals surface area contributed by atoms with Gasteiger partial charge in [-0.05, 0) is 56.2 Å². The van der Waals surface area contributed by atoms with Crippen LogP contribution >= 0.6 is 0 Å². The second-order valence-electron chi connectivity index (χ2n) is 8.66. The van der Waals surface area contributed by atoms with E-state index in [1.54, 1.807) is 25.1 Å². The van der Waals surface area contributed by atoms with Crippen LogP contribution in [0.2, 0.25) is 0 Å². The Kier molecular flexibility index (Phi) is 7.75. The van der Waals surface area contributed by atoms with Gasteiger partial charge < -0.3 is 10.2 Å². The molecule has 0 amide bonds. The number of phenols is 1. The number of benzene rings is 1. The molecule has 2 fully saturated rings. The maximum atomic E-state index is 11.2. The highest BCUT2D eigenvalue weighted by molar-refractivity contribution is 6.09. The minimum Gasteiger partial charge on any atom is -0.506 e. The van der Waals surface area contributed by atoms with E-state index >= 15 is 0 Å². The first-order valence-electron chi connectivity index (χ1n) is 11.8. The molecule has 2 atom stereocenters. The molecule has 0 aromatic heterocycles. The van der Waals surface area contributed by atoms with Crippen molar-refractivity contribution in [2.45, 2.75) is 65.3 Å². The summed E-state index contributed by atoms with van der Waals surface area (Å²) in [4.78, 5) is 11.2. The summed E-state index contributed by atoms with van der Waals surface area (Å²) in [5, 5.41) is 35.7. The summed E-state index contributed by atoms with van der Waals surface area (Å²) in [6, 6.07) is 7.28. The van der Waals surface area contributed by atoms with E-state index in [1.807, 2.05) is 37.1 Å². The van der Waals surface area contributed by atoms with E-state index in [9.17, 15) is 15.0 Å². The maximum absolute atomic E-state index is 11.2. The van der Waals surface area contributed by atoms with Gasteiger partial charge in [0.15, 0.2) is 0 Å². The van der Waals surface area contributed by atoms with E-state index in [4.69, 9.17) is 10.4 Å². The molecule has 1 aromatic carbocycles. The van der Waals surface area contributed by atoms with Crippen LogP contribution in [0, 0.1) is 23.2 Å². The topological polar surface area (TPSA) is 96.9 Å². The monoisotopic (exact) mass is 447 g/mol. The Labute approximate surface area is 196 Å². The van der Waals surface area contributed by atoms with Crippen molar-refractivity contribution in [2.75, 3.05) is 5.01 Å². The molecule has 2 N–H and O–H groups in total. The van der Waals surface area contributed by atoms with Crippen molar-refractivity contribution in [1.29, 1.82) is 5.26 Å². The number of aliphatic carboxylic acids is 1. The number of allylic oxidation sites excluding steroid dienone is 4. The van der Waals surface area contributed by atoms with Crippen molar-refractivity contribution in [3.63, 3.8) is 0 Å². The number of aromatic hydroxyl groups is 1. The molecule has 6 heteroatoms. The predicted octanol–water partition coefficient (Wildman–Crippen LogP) is 5.95. The number of hydrogen-bond acceptors (Lipinski definition) is 5. The average molecular weight is 448 g/mol. The van der Waals surface area contributed by atoms with Crippen LogP contribution in [0.25, 0.3) is 0 Å². The number of carbonyl (C=O) groups is 1. The van der Waals surface area contributed by atoms with Crippen LogP contribution in [0.4, 0.5) is 5.69 Å². The van der Waals surface area contributed by atoms with Crippen molar-refractivity contribution >= 4 is 17.4 Å². The van der Waals surface area contributed by atoms with Crippen LogP contribution in [0.3, 0.4) is 0 Å². The van der Waals surface area contributed by atoms with E-state index in [0.717, 1.165) is 48.2 Å². The molecule has 174 valence electrons. The van der Waals surface area contributed by atoms with Crippen LogP contribution in [0.15, 0.2) is 58.8 Å². The summed E-state index contributed by atoms with van der Waals surface area (Å²) in [5.41, 5.74) is 4.12. The SMILES string of the molecule is C=C1CCC2C(=NN(c3ccc(C#N)c(O)c3)C2C2CCCC2)/C1=C/C=C(\C)C(=O)O.CC. The van der Waals surface area contributed by atoms with Gasteiger partial charge in [-0.1, -0.05) is 45.4 Å². The smallest absolute Gasteiger partial charge is 0.331 e. The maximum Gasteiger partial charge on any atom is 0.331 e. The zero-order valence-corrected chi connectivity index (χ0v) is 19.7. The normalized spacial score (nSPS) is 24.1. The van der Waals surface area contributed by atoms with Crippen molar-refractivity contribution in [3.05, 3.63) is 59.2 Å². The Morgan fingerprint density at radius 2 is 1.97 bits per heavy atom. The Balaban J connectivity index is 0.00000149. The van der Waals surface area contributed by atoms with Gasteiger partial charge in [-0.25, -0.2) is 4.79 Å². The summed E-state index contributed by atoms with van der Waals surface area (Å²) < 4.78 is 0. The molecule has 2 saturated carbocycles. The van der Waals surface area contributed by atoms with Crippen LogP contribution in [-0.4, -0.2) is 27.9 Å². The van der Waals surface area contributed by atoms with E-state index in [2.05, 4.69) is 6.58 Å². The molecular formula is C27H33N3O3. The van der Waals surface area contributed by atoms with Crippen molar-refractivity contribution in [3.8, 4) is 11.8 Å². The lowest BCUT2D eigenvalue weighted by Gasteiger charge is -2.34. The lowest BCUT2D eigenvalue weighted by atomic mass is 9.74. The largest absolute Gasteiger partial charge is 0.506 e. The molecule has 33 heavy (non-hydrogen) atoms. The number of anilines is 1. The minimum absolute atomic E-state index is 0.0413. The van der Waals surface area contributed by atoms with Gasteiger partial charge in [0, 0.05) is 23.1 Å². The number of hydrazone groups is 1. The molecule has 2 aliphatic carbocycles. The third-order valence-corrected chi connectivity index (χ3v) is 6.76. The zero-order chi connectivity index (χ0) is 24.1. The minimum atomic E-state index is -0.943. The molecule has 0 radical (unpaired) electrons. The number of nitriles is 1. The lowest BCUT2D eigenvalue weighted by molar-refractivity contribution is -0.132. The molecule has 2 unspecified atom stereocenters. The molecule has 4 rings (SSSR count). The first-order chi connectivity index (χ1) is 15.9. The molecule has 0 saturated heterocycles. The number of carboxylic acids is 1. The van der Waals surface area contributed by atoms with Crippen LogP contribution in [-0.2, 0) is 4.79 Å². The lowest BCUT2D eigenvalue weighted by Crippen LogP contribution is -2.40. The van der Waals surface area contributed by atoms with Gasteiger partial charge in [-0.3, -0.25) is 5.01 Å². The van der Waals surface area contributed by atoms with E-state index in [0.29, 0.717) is 5.92 Å². The molecule has 3 aliphatic rings. The Morgan fingerprint density at radius 1 is 1.27 bits per heavy atom. The highest BCUT2D eigenvalue weighted by Crippen LogP contribution is 2.46. The Bertz CT molecular complexity index is 1050. The first-order valence-corrected chi connectivity index (χ1v) is 11.8. The molecule has 1 heterocycles. The third kappa shape index (κ3) is 4.88. The van der Waals surface area contributed by atoms with Gasteiger partial charge in [0.05, 0.1) is 23.0 Å². The van der Waals surface area contributed by atoms with Gasteiger partial charge >= 0.3 is 5.97 Å². The van der Waals surface area contributed by atoms with Gasteiger partial charge in [-0.2, -0.15) is 10.4 Å². The van der Waals surface area contributed by atoms with Crippen LogP contribution < -0.4 is 5.01 Å². The predicted molar refractivity (Wildman–Crippen MR) is 131 cm³/mol. The van der Waals surface area contributed by atoms with E-state index in [1.165, 1.54) is 12.8 Å². The molecule has 1 aliphatic heterocycles. The van der Waals surface area contributed by atoms with Gasteiger partial charge in [0.25, 0.3) is 0 Å². The number of rotatable bonds is 4. The number of hydrogen-bond donors (Lipinski definition) is 2. The fraction of sp³-hybridized carbons (Fsp3) is 0.444. The van der Waals surface area contributed by atoms with Crippen molar-refractivity contribution in [1.82, 2.24) is 0 Å². The number of nitrogens with zero attached hydrogens (tertiary/aromatic N) is 3. The standard InChI is InChI=1S/C25H27N3O3.C2H6/c1-15-7-12-21-23(20(15)11-8-16(2)25(30)31)27-28(24(21)17-5-3-4-6-17)19-10-9-18(14-26)22(29)13-19;1-2/h8-11,13,17,21,24,29H,1,3-7,12H2,2H3,(H,30,31);1-2H3/b16-8+,20-11+;. The van der Waals surface area contributed by atoms with Gasteiger partial charge in [0.2, 0.25) is 0 Å². The number of phenolic OH excluding ortho intramolecular Hbond substituents is 1. The Morgan fingerprint density at radius 3 is 2.58 bits per heavy atom. The van der Waals surface area contributed by atoms with E-state index in [-0.39, 0.29) is 28.8 Å². The van der Waals surface area contributed by atoms with Crippen LogP contribution in [0.1, 0.15) is 64.9 Å². The average Bonchev–Trinajstić information content (AvgIpc) is 3.47. The number of fused-ring (bicyclic) bond motifs is 1. The second-order valence-corrected chi connectivity index (χ2v) is 8.66. The summed E-state index contributed by atoms with van der Waals surface area (Å²) in [7, 11) is 0. The highest BCUT2D eigenvalue weighted by Gasteiger charge is 2.46. The first kappa shape index (κ1) is 24.3. The van der Waals surface area contributed by atoms with Crippen molar-refractivity contribution < 1.29 is 15.0 Å². The van der Waals surface area contributed by atoms with Gasteiger partial charge in [0.1, 0.15) is 11.8 Å². The number of carboxylic acid groups (broad SMARTS) is 1. The summed E-state index contributed by atoms with van der Waals surface area (Å²) in [6.45, 7) is 9.79. The van der Waals surface area contributed by atoms with Crippen LogP contribution in [0.5, 0.6) is 5.75 Å². The quantitative estimate of drug-likeness (QED) is 0.556. The van der Waals surface area contributed by atoms with E-state index < -0.39 is 5.97 Å². The zero-order valence-electron chi connectivity index (χ0n) is 19.7. The summed E-state index contributed by atoms with van der Waals surface area (Å²) in [5.74, 6) is -0.244. The molecule has 0 spiro atoms. The van der Waals surface area contributed by atoms with Gasteiger partial charge in [-0.15, -0.1) is 0 Å². The summed E-state index contributed by atoms with van der Waals surface area (Å²) >= 11 is 0. The second kappa shape index (κ2) is 10.5. The molecule has 6 nitrogen and oxygen atoms in total. The Hall–Kier alpha value is -3.33.